The zero-order valence-electron chi connectivity index (χ0n) is 11.4. The Labute approximate surface area is 117 Å². The third-order valence-corrected chi connectivity index (χ3v) is 4.21. The van der Waals surface area contributed by atoms with Crippen molar-refractivity contribution in [3.05, 3.63) is 22.4 Å². The van der Waals surface area contributed by atoms with Crippen molar-refractivity contribution in [1.82, 2.24) is 10.2 Å². The van der Waals surface area contributed by atoms with Crippen LogP contribution < -0.4 is 5.32 Å². The summed E-state index contributed by atoms with van der Waals surface area (Å²) in [5.74, 6) is 0.0373. The number of amides is 2. The van der Waals surface area contributed by atoms with E-state index in [1.54, 1.807) is 16.2 Å². The first-order valence-electron chi connectivity index (χ1n) is 6.79. The molecule has 4 nitrogen and oxygen atoms in total. The predicted molar refractivity (Wildman–Crippen MR) is 75.8 cm³/mol. The van der Waals surface area contributed by atoms with E-state index < -0.39 is 0 Å². The van der Waals surface area contributed by atoms with Crippen LogP contribution in [-0.2, 0) is 16.1 Å². The molecular formula is C14H20N2O2S. The first kappa shape index (κ1) is 14.1. The van der Waals surface area contributed by atoms with E-state index in [1.807, 2.05) is 30.7 Å². The van der Waals surface area contributed by atoms with E-state index in [2.05, 4.69) is 5.32 Å². The third kappa shape index (κ3) is 2.97. The molecule has 0 aliphatic carbocycles. The maximum Gasteiger partial charge on any atom is 0.246 e. The van der Waals surface area contributed by atoms with Crippen LogP contribution in [0.25, 0.3) is 0 Å². The molecule has 1 aliphatic heterocycles. The Morgan fingerprint density at radius 3 is 2.74 bits per heavy atom. The van der Waals surface area contributed by atoms with E-state index in [-0.39, 0.29) is 23.9 Å². The highest BCUT2D eigenvalue weighted by Gasteiger charge is 2.38. The Kier molecular flexibility index (Phi) is 4.58. The fraction of sp³-hybridized carbons (Fsp3) is 0.571. The second-order valence-electron chi connectivity index (χ2n) is 4.87. The molecule has 1 aromatic rings. The summed E-state index contributed by atoms with van der Waals surface area (Å²) in [5, 5.41) is 6.87. The third-order valence-electron chi connectivity index (χ3n) is 3.47. The van der Waals surface area contributed by atoms with Gasteiger partial charge < -0.3 is 10.2 Å². The lowest BCUT2D eigenvalue weighted by Crippen LogP contribution is -2.62. The van der Waals surface area contributed by atoms with E-state index in [0.717, 1.165) is 12.0 Å². The van der Waals surface area contributed by atoms with Crippen LogP contribution in [0.1, 0.15) is 38.7 Å². The van der Waals surface area contributed by atoms with Gasteiger partial charge in [-0.1, -0.05) is 20.3 Å². The molecule has 19 heavy (non-hydrogen) atoms. The van der Waals surface area contributed by atoms with Gasteiger partial charge in [0.15, 0.2) is 0 Å². The lowest BCUT2D eigenvalue weighted by atomic mass is 10.0. The monoisotopic (exact) mass is 280 g/mol. The normalized spacial score (nSPS) is 23.6. The SMILES string of the molecule is CCCC1NC(=O)C(CC)N(Cc2ccsc2)C1=O. The van der Waals surface area contributed by atoms with Crippen molar-refractivity contribution in [2.24, 2.45) is 0 Å². The molecule has 2 unspecified atom stereocenters. The largest absolute Gasteiger partial charge is 0.343 e. The summed E-state index contributed by atoms with van der Waals surface area (Å²) in [5.41, 5.74) is 1.10. The van der Waals surface area contributed by atoms with E-state index in [0.29, 0.717) is 19.4 Å². The van der Waals surface area contributed by atoms with Crippen molar-refractivity contribution >= 4 is 23.2 Å². The van der Waals surface area contributed by atoms with Gasteiger partial charge >= 0.3 is 0 Å². The Morgan fingerprint density at radius 1 is 1.37 bits per heavy atom. The molecule has 5 heteroatoms. The zero-order chi connectivity index (χ0) is 13.8. The van der Waals surface area contributed by atoms with E-state index in [9.17, 15) is 9.59 Å². The number of piperazine rings is 1. The summed E-state index contributed by atoms with van der Waals surface area (Å²) < 4.78 is 0. The number of carbonyl (C=O) groups excluding carboxylic acids is 2. The van der Waals surface area contributed by atoms with Crippen molar-refractivity contribution < 1.29 is 9.59 Å². The van der Waals surface area contributed by atoms with Crippen molar-refractivity contribution in [3.63, 3.8) is 0 Å². The molecule has 0 spiro atoms. The van der Waals surface area contributed by atoms with Gasteiger partial charge in [-0.25, -0.2) is 0 Å². The van der Waals surface area contributed by atoms with Crippen molar-refractivity contribution in [2.45, 2.75) is 51.7 Å². The van der Waals surface area contributed by atoms with Gasteiger partial charge in [0.1, 0.15) is 12.1 Å². The Balaban J connectivity index is 2.18. The second-order valence-corrected chi connectivity index (χ2v) is 5.65. The lowest BCUT2D eigenvalue weighted by Gasteiger charge is -2.38. The van der Waals surface area contributed by atoms with Crippen molar-refractivity contribution in [3.8, 4) is 0 Å². The number of thiophene rings is 1. The molecule has 0 saturated carbocycles. The van der Waals surface area contributed by atoms with E-state index >= 15 is 0 Å². The predicted octanol–water partition coefficient (Wildman–Crippen LogP) is 2.15. The lowest BCUT2D eigenvalue weighted by molar-refractivity contribution is -0.150. The fourth-order valence-electron chi connectivity index (χ4n) is 2.48. The summed E-state index contributed by atoms with van der Waals surface area (Å²) >= 11 is 1.61. The quantitative estimate of drug-likeness (QED) is 0.898. The second kappa shape index (κ2) is 6.19. The molecule has 0 radical (unpaired) electrons. The summed E-state index contributed by atoms with van der Waals surface area (Å²) in [4.78, 5) is 26.3. The highest BCUT2D eigenvalue weighted by atomic mass is 32.1. The van der Waals surface area contributed by atoms with E-state index in [4.69, 9.17) is 0 Å². The first-order chi connectivity index (χ1) is 9.17. The summed E-state index contributed by atoms with van der Waals surface area (Å²) in [6.45, 7) is 4.50. The molecule has 1 saturated heterocycles. The van der Waals surface area contributed by atoms with Crippen LogP contribution in [0.4, 0.5) is 0 Å². The highest BCUT2D eigenvalue weighted by molar-refractivity contribution is 7.07. The van der Waals surface area contributed by atoms with Gasteiger partial charge in [-0.05, 0) is 35.2 Å². The van der Waals surface area contributed by atoms with Crippen molar-refractivity contribution in [2.75, 3.05) is 0 Å². The topological polar surface area (TPSA) is 49.4 Å². The molecule has 0 aromatic carbocycles. The van der Waals surface area contributed by atoms with Gasteiger partial charge in [-0.2, -0.15) is 11.3 Å². The maximum atomic E-state index is 12.5. The van der Waals surface area contributed by atoms with Gasteiger partial charge in [0.05, 0.1) is 0 Å². The molecule has 2 atom stereocenters. The number of nitrogens with zero attached hydrogens (tertiary/aromatic N) is 1. The Hall–Kier alpha value is -1.36. The molecular weight excluding hydrogens is 260 g/mol. The molecule has 2 amide bonds. The van der Waals surface area contributed by atoms with Crippen LogP contribution >= 0.6 is 11.3 Å². The Bertz CT molecular complexity index is 444. The zero-order valence-corrected chi connectivity index (χ0v) is 12.2. The molecule has 1 aromatic heterocycles. The average Bonchev–Trinajstić information content (AvgIpc) is 2.89. The van der Waals surface area contributed by atoms with Gasteiger partial charge in [0.2, 0.25) is 11.8 Å². The average molecular weight is 280 g/mol. The summed E-state index contributed by atoms with van der Waals surface area (Å²) in [7, 11) is 0. The van der Waals surface area contributed by atoms with Crippen molar-refractivity contribution in [1.29, 1.82) is 0 Å². The highest BCUT2D eigenvalue weighted by Crippen LogP contribution is 2.20. The molecule has 1 aliphatic rings. The van der Waals surface area contributed by atoms with Gasteiger partial charge in [0, 0.05) is 6.54 Å². The van der Waals surface area contributed by atoms with Crippen LogP contribution in [0.3, 0.4) is 0 Å². The molecule has 0 bridgehead atoms. The van der Waals surface area contributed by atoms with Crippen LogP contribution in [0, 0.1) is 0 Å². The smallest absolute Gasteiger partial charge is 0.246 e. The van der Waals surface area contributed by atoms with Gasteiger partial charge in [-0.15, -0.1) is 0 Å². The summed E-state index contributed by atoms with van der Waals surface area (Å²) in [6.07, 6.45) is 2.25. The molecule has 2 heterocycles. The minimum Gasteiger partial charge on any atom is -0.343 e. The minimum absolute atomic E-state index is 0.0178. The van der Waals surface area contributed by atoms with Crippen LogP contribution in [0.5, 0.6) is 0 Å². The van der Waals surface area contributed by atoms with Gasteiger partial charge in [-0.3, -0.25) is 9.59 Å². The van der Waals surface area contributed by atoms with Crippen LogP contribution in [0.15, 0.2) is 16.8 Å². The molecule has 1 fully saturated rings. The number of hydrogen-bond acceptors (Lipinski definition) is 3. The van der Waals surface area contributed by atoms with Crippen LogP contribution in [-0.4, -0.2) is 28.8 Å². The van der Waals surface area contributed by atoms with Crippen LogP contribution in [0.2, 0.25) is 0 Å². The molecule has 1 N–H and O–H groups in total. The number of rotatable bonds is 5. The first-order valence-corrected chi connectivity index (χ1v) is 7.73. The maximum absolute atomic E-state index is 12.5. The van der Waals surface area contributed by atoms with Gasteiger partial charge in [0.25, 0.3) is 0 Å². The number of nitrogens with one attached hydrogen (secondary N) is 1. The molecule has 2 rings (SSSR count). The minimum atomic E-state index is -0.348. The number of carbonyl (C=O) groups is 2. The molecule has 104 valence electrons. The fourth-order valence-corrected chi connectivity index (χ4v) is 3.14. The summed E-state index contributed by atoms with van der Waals surface area (Å²) in [6, 6.07) is 1.32. The standard InChI is InChI=1S/C14H20N2O2S/c1-3-5-11-14(18)16(8-10-6-7-19-9-10)12(4-2)13(17)15-11/h6-7,9,11-12H,3-5,8H2,1-2H3,(H,15,17). The number of hydrogen-bond donors (Lipinski definition) is 1. The van der Waals surface area contributed by atoms with E-state index in [1.165, 1.54) is 0 Å². The Morgan fingerprint density at radius 2 is 2.16 bits per heavy atom.